The van der Waals surface area contributed by atoms with Crippen molar-refractivity contribution in [3.8, 4) is 0 Å². The second-order valence-corrected chi connectivity index (χ2v) is 5.18. The summed E-state index contributed by atoms with van der Waals surface area (Å²) in [6.45, 7) is 5.60. The molecule has 118 valence electrons. The Morgan fingerprint density at radius 2 is 1.96 bits per heavy atom. The van der Waals surface area contributed by atoms with Gasteiger partial charge in [-0.3, -0.25) is 19.9 Å². The summed E-state index contributed by atoms with van der Waals surface area (Å²) in [5.74, 6) is -0.361. The summed E-state index contributed by atoms with van der Waals surface area (Å²) in [4.78, 5) is 26.8. The highest BCUT2D eigenvalue weighted by atomic mass is 16.6. The summed E-state index contributed by atoms with van der Waals surface area (Å²) in [6.07, 6.45) is 2.71. The van der Waals surface area contributed by atoms with E-state index in [0.29, 0.717) is 11.3 Å². The lowest BCUT2D eigenvalue weighted by atomic mass is 10.1. The van der Waals surface area contributed by atoms with Crippen molar-refractivity contribution in [3.05, 3.63) is 69.0 Å². The third-order valence-electron chi connectivity index (χ3n) is 3.32. The number of nitro groups is 1. The molecule has 0 saturated heterocycles. The Kier molecular flexibility index (Phi) is 4.85. The molecule has 0 aliphatic heterocycles. The van der Waals surface area contributed by atoms with Gasteiger partial charge in [0.05, 0.1) is 21.9 Å². The Morgan fingerprint density at radius 1 is 1.26 bits per heavy atom. The van der Waals surface area contributed by atoms with Gasteiger partial charge in [0, 0.05) is 17.8 Å². The number of para-hydroxylation sites is 1. The number of hydrogen-bond acceptors (Lipinski definition) is 4. The first-order chi connectivity index (χ1) is 10.9. The summed E-state index contributed by atoms with van der Waals surface area (Å²) in [7, 11) is 0. The normalized spacial score (nSPS) is 10.7. The van der Waals surface area contributed by atoms with Crippen LogP contribution in [0.1, 0.15) is 22.5 Å². The lowest BCUT2D eigenvalue weighted by Gasteiger charge is -2.10. The predicted octanol–water partition coefficient (Wildman–Crippen LogP) is 3.57. The monoisotopic (exact) mass is 311 g/mol. The van der Waals surface area contributed by atoms with Gasteiger partial charge in [-0.05, 0) is 44.5 Å². The van der Waals surface area contributed by atoms with Crippen molar-refractivity contribution in [2.75, 3.05) is 5.32 Å². The lowest BCUT2D eigenvalue weighted by Crippen LogP contribution is -2.11. The fraction of sp³-hybridized carbons (Fsp3) is 0.176. The molecule has 0 bridgehead atoms. The van der Waals surface area contributed by atoms with Crippen LogP contribution in [0.5, 0.6) is 0 Å². The number of nitro benzene ring substituents is 1. The molecule has 1 aromatic heterocycles. The number of aromatic nitrogens is 1. The summed E-state index contributed by atoms with van der Waals surface area (Å²) in [5, 5.41) is 13.7. The summed E-state index contributed by atoms with van der Waals surface area (Å²) in [6, 6.07) is 8.14. The van der Waals surface area contributed by atoms with Crippen LogP contribution in [0.2, 0.25) is 0 Å². The van der Waals surface area contributed by atoms with Gasteiger partial charge in [0.25, 0.3) is 5.69 Å². The smallest absolute Gasteiger partial charge is 0.276 e. The number of pyridine rings is 1. The average Bonchev–Trinajstić information content (AvgIpc) is 2.49. The van der Waals surface area contributed by atoms with E-state index in [0.717, 1.165) is 17.0 Å². The number of carbonyl (C=O) groups excluding carboxylic acids is 1. The predicted molar refractivity (Wildman–Crippen MR) is 89.2 cm³/mol. The Bertz CT molecular complexity index is 774. The van der Waals surface area contributed by atoms with Crippen molar-refractivity contribution in [1.82, 2.24) is 4.98 Å². The van der Waals surface area contributed by atoms with Gasteiger partial charge in [0.15, 0.2) is 0 Å². The molecule has 1 aromatic carbocycles. The van der Waals surface area contributed by atoms with E-state index in [1.54, 1.807) is 18.2 Å². The Labute approximate surface area is 134 Å². The van der Waals surface area contributed by atoms with Gasteiger partial charge < -0.3 is 5.32 Å². The fourth-order valence-electron chi connectivity index (χ4n) is 2.34. The molecule has 2 aromatic rings. The number of nitrogens with zero attached hydrogens (tertiary/aromatic N) is 2. The van der Waals surface area contributed by atoms with Gasteiger partial charge in [-0.2, -0.15) is 0 Å². The summed E-state index contributed by atoms with van der Waals surface area (Å²) >= 11 is 0. The van der Waals surface area contributed by atoms with E-state index in [2.05, 4.69) is 10.3 Å². The van der Waals surface area contributed by atoms with Gasteiger partial charge in [-0.1, -0.05) is 12.1 Å². The Morgan fingerprint density at radius 3 is 2.61 bits per heavy atom. The SMILES string of the molecule is Cc1cc(C)c(NC(=O)/C=C/c2ccccc2[N+](=O)[O-])c(C)n1. The zero-order valence-electron chi connectivity index (χ0n) is 13.2. The number of aryl methyl sites for hydroxylation is 3. The number of anilines is 1. The molecule has 0 unspecified atom stereocenters. The molecule has 6 nitrogen and oxygen atoms in total. The minimum Gasteiger partial charge on any atom is -0.321 e. The average molecular weight is 311 g/mol. The number of amides is 1. The standard InChI is InChI=1S/C17H17N3O3/c1-11-10-12(2)18-13(3)17(11)19-16(21)9-8-14-6-4-5-7-15(14)20(22)23/h4-10H,1-3H3,(H,19,21)/b9-8+. The van der Waals surface area contributed by atoms with Crippen LogP contribution in [0, 0.1) is 30.9 Å². The minimum absolute atomic E-state index is 0.0408. The first-order valence-corrected chi connectivity index (χ1v) is 7.06. The highest BCUT2D eigenvalue weighted by molar-refractivity contribution is 6.02. The molecule has 6 heteroatoms. The minimum atomic E-state index is -0.476. The third-order valence-corrected chi connectivity index (χ3v) is 3.32. The molecule has 23 heavy (non-hydrogen) atoms. The number of nitrogens with one attached hydrogen (secondary N) is 1. The van der Waals surface area contributed by atoms with Crippen LogP contribution in [0.15, 0.2) is 36.4 Å². The van der Waals surface area contributed by atoms with Gasteiger partial charge >= 0.3 is 0 Å². The molecular formula is C17H17N3O3. The van der Waals surface area contributed by atoms with Crippen molar-refractivity contribution in [1.29, 1.82) is 0 Å². The maximum absolute atomic E-state index is 12.1. The highest BCUT2D eigenvalue weighted by Gasteiger charge is 2.11. The van der Waals surface area contributed by atoms with Crippen molar-refractivity contribution in [3.63, 3.8) is 0 Å². The highest BCUT2D eigenvalue weighted by Crippen LogP contribution is 2.21. The molecule has 1 N–H and O–H groups in total. The van der Waals surface area contributed by atoms with E-state index in [-0.39, 0.29) is 11.6 Å². The van der Waals surface area contributed by atoms with Gasteiger partial charge in [-0.15, -0.1) is 0 Å². The van der Waals surface area contributed by atoms with E-state index in [1.807, 2.05) is 26.8 Å². The number of carbonyl (C=O) groups is 1. The zero-order valence-corrected chi connectivity index (χ0v) is 13.2. The molecule has 0 radical (unpaired) electrons. The van der Waals surface area contributed by atoms with Crippen LogP contribution >= 0.6 is 0 Å². The molecule has 0 atom stereocenters. The topological polar surface area (TPSA) is 85.1 Å². The second kappa shape index (κ2) is 6.83. The quantitative estimate of drug-likeness (QED) is 0.531. The largest absolute Gasteiger partial charge is 0.321 e. The molecule has 0 aliphatic rings. The van der Waals surface area contributed by atoms with Crippen LogP contribution in [0.3, 0.4) is 0 Å². The number of rotatable bonds is 4. The molecule has 0 spiro atoms. The van der Waals surface area contributed by atoms with E-state index < -0.39 is 4.92 Å². The van der Waals surface area contributed by atoms with Gasteiger partial charge in [0.2, 0.25) is 5.91 Å². The summed E-state index contributed by atoms with van der Waals surface area (Å²) < 4.78 is 0. The molecule has 0 saturated carbocycles. The molecule has 1 heterocycles. The number of benzene rings is 1. The van der Waals surface area contributed by atoms with Crippen molar-refractivity contribution < 1.29 is 9.72 Å². The van der Waals surface area contributed by atoms with Gasteiger partial charge in [0.1, 0.15) is 0 Å². The first-order valence-electron chi connectivity index (χ1n) is 7.06. The van der Waals surface area contributed by atoms with Crippen molar-refractivity contribution in [2.24, 2.45) is 0 Å². The van der Waals surface area contributed by atoms with E-state index >= 15 is 0 Å². The number of hydrogen-bond donors (Lipinski definition) is 1. The Balaban J connectivity index is 2.19. The zero-order chi connectivity index (χ0) is 17.0. The van der Waals surface area contributed by atoms with Crippen LogP contribution in [0.4, 0.5) is 11.4 Å². The van der Waals surface area contributed by atoms with E-state index in [4.69, 9.17) is 0 Å². The van der Waals surface area contributed by atoms with Crippen LogP contribution in [0.25, 0.3) is 6.08 Å². The van der Waals surface area contributed by atoms with Crippen molar-refractivity contribution in [2.45, 2.75) is 20.8 Å². The fourth-order valence-corrected chi connectivity index (χ4v) is 2.34. The molecular weight excluding hydrogens is 294 g/mol. The summed E-state index contributed by atoms with van der Waals surface area (Å²) in [5.41, 5.74) is 3.53. The third kappa shape index (κ3) is 4.00. The molecule has 1 amide bonds. The van der Waals surface area contributed by atoms with Crippen LogP contribution in [-0.4, -0.2) is 15.8 Å². The maximum Gasteiger partial charge on any atom is 0.276 e. The van der Waals surface area contributed by atoms with Crippen molar-refractivity contribution >= 4 is 23.4 Å². The van der Waals surface area contributed by atoms with E-state index in [1.165, 1.54) is 18.2 Å². The van der Waals surface area contributed by atoms with Crippen LogP contribution in [-0.2, 0) is 4.79 Å². The molecule has 0 aliphatic carbocycles. The maximum atomic E-state index is 12.1. The van der Waals surface area contributed by atoms with E-state index in [9.17, 15) is 14.9 Å². The molecule has 0 fully saturated rings. The molecule has 2 rings (SSSR count). The first kappa shape index (κ1) is 16.4. The lowest BCUT2D eigenvalue weighted by molar-refractivity contribution is -0.385. The second-order valence-electron chi connectivity index (χ2n) is 5.18. The van der Waals surface area contributed by atoms with Crippen LogP contribution < -0.4 is 5.32 Å². The van der Waals surface area contributed by atoms with Gasteiger partial charge in [-0.25, -0.2) is 0 Å². The Hall–Kier alpha value is -3.02.